The number of methoxy groups -OCH3 is 1. The SMILES string of the molecule is COc1ccc(C)cc1C(C)NCC(=O)Nc1ccc2c(c1)OC1(CCCCC1)O2. The molecule has 2 N–H and O–H groups in total. The van der Waals surface area contributed by atoms with Crippen molar-refractivity contribution in [1.29, 1.82) is 0 Å². The molecule has 30 heavy (non-hydrogen) atoms. The van der Waals surface area contributed by atoms with Crippen LogP contribution in [0.3, 0.4) is 0 Å². The first-order valence-corrected chi connectivity index (χ1v) is 10.7. The predicted molar refractivity (Wildman–Crippen MR) is 116 cm³/mol. The molecule has 2 aliphatic rings. The van der Waals surface area contributed by atoms with E-state index >= 15 is 0 Å². The van der Waals surface area contributed by atoms with Crippen molar-refractivity contribution in [3.63, 3.8) is 0 Å². The van der Waals surface area contributed by atoms with Crippen molar-refractivity contribution in [1.82, 2.24) is 5.32 Å². The van der Waals surface area contributed by atoms with Gasteiger partial charge < -0.3 is 24.8 Å². The topological polar surface area (TPSA) is 68.8 Å². The molecule has 1 spiro atoms. The summed E-state index contributed by atoms with van der Waals surface area (Å²) in [5, 5.41) is 6.21. The van der Waals surface area contributed by atoms with E-state index in [0.717, 1.165) is 48.3 Å². The summed E-state index contributed by atoms with van der Waals surface area (Å²) in [4.78, 5) is 12.5. The molecule has 1 amide bonds. The summed E-state index contributed by atoms with van der Waals surface area (Å²) in [7, 11) is 1.66. The van der Waals surface area contributed by atoms with Crippen LogP contribution in [-0.4, -0.2) is 25.3 Å². The van der Waals surface area contributed by atoms with E-state index in [1.165, 1.54) is 6.42 Å². The first-order valence-electron chi connectivity index (χ1n) is 10.7. The van der Waals surface area contributed by atoms with Crippen LogP contribution < -0.4 is 24.8 Å². The maximum atomic E-state index is 12.5. The maximum Gasteiger partial charge on any atom is 0.251 e. The molecule has 2 aromatic carbocycles. The summed E-state index contributed by atoms with van der Waals surface area (Å²) >= 11 is 0. The number of rotatable bonds is 6. The molecular weight excluding hydrogens is 380 g/mol. The number of anilines is 1. The standard InChI is InChI=1S/C24H30N2O4/c1-16-7-9-20(28-3)19(13-16)17(2)25-15-23(27)26-18-8-10-21-22(14-18)30-24(29-21)11-5-4-6-12-24/h7-10,13-14,17,25H,4-6,11-12,15H2,1-3H3,(H,26,27). The molecule has 1 heterocycles. The minimum Gasteiger partial charge on any atom is -0.496 e. The summed E-state index contributed by atoms with van der Waals surface area (Å²) in [5.41, 5.74) is 2.89. The van der Waals surface area contributed by atoms with Crippen LogP contribution in [0.15, 0.2) is 36.4 Å². The maximum absolute atomic E-state index is 12.5. The van der Waals surface area contributed by atoms with Gasteiger partial charge in [0.2, 0.25) is 5.91 Å². The number of benzene rings is 2. The number of aryl methyl sites for hydroxylation is 1. The van der Waals surface area contributed by atoms with Crippen LogP contribution in [0, 0.1) is 6.92 Å². The van der Waals surface area contributed by atoms with Gasteiger partial charge in [-0.15, -0.1) is 0 Å². The lowest BCUT2D eigenvalue weighted by Crippen LogP contribution is -2.40. The Bertz CT molecular complexity index is 921. The molecule has 1 atom stereocenters. The molecule has 1 saturated carbocycles. The summed E-state index contributed by atoms with van der Waals surface area (Å²) in [6.07, 6.45) is 5.29. The van der Waals surface area contributed by atoms with E-state index < -0.39 is 5.79 Å². The molecule has 0 radical (unpaired) electrons. The third-order valence-electron chi connectivity index (χ3n) is 5.86. The predicted octanol–water partition coefficient (Wildman–Crippen LogP) is 4.72. The quantitative estimate of drug-likeness (QED) is 0.721. The number of fused-ring (bicyclic) bond motifs is 1. The molecule has 0 bridgehead atoms. The Labute approximate surface area is 177 Å². The lowest BCUT2D eigenvalue weighted by molar-refractivity contribution is -0.115. The zero-order valence-electron chi connectivity index (χ0n) is 17.9. The van der Waals surface area contributed by atoms with Gasteiger partial charge in [-0.2, -0.15) is 0 Å². The van der Waals surface area contributed by atoms with Crippen molar-refractivity contribution in [3.05, 3.63) is 47.5 Å². The van der Waals surface area contributed by atoms with Crippen molar-refractivity contribution < 1.29 is 19.0 Å². The highest BCUT2D eigenvalue weighted by atomic mass is 16.7. The minimum atomic E-state index is -0.507. The Morgan fingerprint density at radius 1 is 1.10 bits per heavy atom. The highest BCUT2D eigenvalue weighted by molar-refractivity contribution is 5.92. The van der Waals surface area contributed by atoms with E-state index in [4.69, 9.17) is 14.2 Å². The number of nitrogens with one attached hydrogen (secondary N) is 2. The second-order valence-corrected chi connectivity index (χ2v) is 8.23. The number of amides is 1. The fourth-order valence-electron chi connectivity index (χ4n) is 4.22. The smallest absolute Gasteiger partial charge is 0.251 e. The molecule has 6 heteroatoms. The second kappa shape index (κ2) is 8.56. The highest BCUT2D eigenvalue weighted by Gasteiger charge is 2.42. The Balaban J connectivity index is 1.34. The van der Waals surface area contributed by atoms with Crippen molar-refractivity contribution in [2.24, 2.45) is 0 Å². The minimum absolute atomic E-state index is 0.0199. The Kier molecular flexibility index (Phi) is 5.86. The summed E-state index contributed by atoms with van der Waals surface area (Å²) in [5.74, 6) is 1.66. The Morgan fingerprint density at radius 2 is 1.87 bits per heavy atom. The van der Waals surface area contributed by atoms with Crippen LogP contribution >= 0.6 is 0 Å². The normalized spacial score (nSPS) is 17.6. The Morgan fingerprint density at radius 3 is 2.63 bits per heavy atom. The van der Waals surface area contributed by atoms with Crippen LogP contribution in [0.5, 0.6) is 17.2 Å². The van der Waals surface area contributed by atoms with Gasteiger partial charge in [0.1, 0.15) is 5.75 Å². The van der Waals surface area contributed by atoms with Gasteiger partial charge in [-0.25, -0.2) is 0 Å². The second-order valence-electron chi connectivity index (χ2n) is 8.23. The zero-order chi connectivity index (χ0) is 21.1. The first-order chi connectivity index (χ1) is 14.5. The van der Waals surface area contributed by atoms with Gasteiger partial charge in [0.25, 0.3) is 5.79 Å². The zero-order valence-corrected chi connectivity index (χ0v) is 17.9. The lowest BCUT2D eigenvalue weighted by atomic mass is 9.94. The lowest BCUT2D eigenvalue weighted by Gasteiger charge is -2.31. The van der Waals surface area contributed by atoms with Gasteiger partial charge in [-0.3, -0.25) is 4.79 Å². The van der Waals surface area contributed by atoms with Gasteiger partial charge in [0.15, 0.2) is 11.5 Å². The molecule has 1 aliphatic heterocycles. The highest BCUT2D eigenvalue weighted by Crippen LogP contribution is 2.46. The number of carbonyl (C=O) groups excluding carboxylic acids is 1. The van der Waals surface area contributed by atoms with Crippen LogP contribution in [-0.2, 0) is 4.79 Å². The van der Waals surface area contributed by atoms with Crippen molar-refractivity contribution >= 4 is 11.6 Å². The van der Waals surface area contributed by atoms with Crippen molar-refractivity contribution in [2.45, 2.75) is 57.8 Å². The van der Waals surface area contributed by atoms with Gasteiger partial charge in [0.05, 0.1) is 13.7 Å². The summed E-state index contributed by atoms with van der Waals surface area (Å²) < 4.78 is 17.7. The van der Waals surface area contributed by atoms with E-state index in [9.17, 15) is 4.79 Å². The van der Waals surface area contributed by atoms with E-state index in [2.05, 4.69) is 16.7 Å². The van der Waals surface area contributed by atoms with Gasteiger partial charge in [0, 0.05) is 36.2 Å². The number of carbonyl (C=O) groups is 1. The number of hydrogen-bond donors (Lipinski definition) is 2. The van der Waals surface area contributed by atoms with Crippen LogP contribution in [0.1, 0.15) is 56.2 Å². The molecule has 4 rings (SSSR count). The van der Waals surface area contributed by atoms with Crippen LogP contribution in [0.4, 0.5) is 5.69 Å². The van der Waals surface area contributed by atoms with Gasteiger partial charge >= 0.3 is 0 Å². The molecule has 1 unspecified atom stereocenters. The van der Waals surface area contributed by atoms with E-state index in [1.807, 2.05) is 44.2 Å². The average Bonchev–Trinajstić information content (AvgIpc) is 3.08. The molecule has 0 saturated heterocycles. The van der Waals surface area contributed by atoms with Crippen LogP contribution in [0.2, 0.25) is 0 Å². The van der Waals surface area contributed by atoms with Crippen molar-refractivity contribution in [2.75, 3.05) is 19.0 Å². The van der Waals surface area contributed by atoms with E-state index in [1.54, 1.807) is 7.11 Å². The molecule has 0 aromatic heterocycles. The third kappa shape index (κ3) is 4.38. The Hall–Kier alpha value is -2.73. The summed E-state index contributed by atoms with van der Waals surface area (Å²) in [6.45, 7) is 4.25. The monoisotopic (exact) mass is 410 g/mol. The van der Waals surface area contributed by atoms with Crippen LogP contribution in [0.25, 0.3) is 0 Å². The van der Waals surface area contributed by atoms with E-state index in [0.29, 0.717) is 11.4 Å². The molecule has 160 valence electrons. The fourth-order valence-corrected chi connectivity index (χ4v) is 4.22. The first kappa shape index (κ1) is 20.5. The summed E-state index contributed by atoms with van der Waals surface area (Å²) in [6, 6.07) is 11.6. The number of hydrogen-bond acceptors (Lipinski definition) is 5. The fraction of sp³-hybridized carbons (Fsp3) is 0.458. The van der Waals surface area contributed by atoms with E-state index in [-0.39, 0.29) is 18.5 Å². The molecular formula is C24H30N2O4. The molecule has 1 fully saturated rings. The molecule has 1 aliphatic carbocycles. The largest absolute Gasteiger partial charge is 0.496 e. The van der Waals surface area contributed by atoms with Gasteiger partial charge in [-0.1, -0.05) is 24.1 Å². The third-order valence-corrected chi connectivity index (χ3v) is 5.86. The molecule has 6 nitrogen and oxygen atoms in total. The van der Waals surface area contributed by atoms with Gasteiger partial charge in [-0.05, 0) is 44.9 Å². The average molecular weight is 411 g/mol. The number of ether oxygens (including phenoxy) is 3. The van der Waals surface area contributed by atoms with Crippen molar-refractivity contribution in [3.8, 4) is 17.2 Å². The molecule has 2 aromatic rings.